The number of carbonyl (C=O) groups is 1. The van der Waals surface area contributed by atoms with E-state index in [4.69, 9.17) is 15.2 Å². The topological polar surface area (TPSA) is 81.9 Å². The van der Waals surface area contributed by atoms with Crippen LogP contribution in [-0.4, -0.2) is 39.9 Å². The summed E-state index contributed by atoms with van der Waals surface area (Å²) < 4.78 is 0. The van der Waals surface area contributed by atoms with E-state index in [0.29, 0.717) is 11.1 Å². The highest BCUT2D eigenvalue weighted by molar-refractivity contribution is 5.94. The maximum absolute atomic E-state index is 12.6. The summed E-state index contributed by atoms with van der Waals surface area (Å²) in [6, 6.07) is 35.7. The van der Waals surface area contributed by atoms with Gasteiger partial charge in [0.2, 0.25) is 0 Å². The van der Waals surface area contributed by atoms with Crippen molar-refractivity contribution in [3.8, 4) is 28.6 Å². The third-order valence-electron chi connectivity index (χ3n) is 7.14. The zero-order valence-corrected chi connectivity index (χ0v) is 21.4. The number of hydrogen-bond donors (Lipinski definition) is 1. The van der Waals surface area contributed by atoms with Crippen LogP contribution in [0.5, 0.6) is 0 Å². The molecule has 0 radical (unpaired) electrons. The highest BCUT2D eigenvalue weighted by atomic mass is 16.1. The lowest BCUT2D eigenvalue weighted by Crippen LogP contribution is -2.36. The number of amides is 1. The zero-order valence-electron chi connectivity index (χ0n) is 21.4. The number of para-hydroxylation sites is 2. The average Bonchev–Trinajstić information content (AvgIpc) is 3.43. The van der Waals surface area contributed by atoms with Gasteiger partial charge in [-0.2, -0.15) is 5.26 Å². The summed E-state index contributed by atoms with van der Waals surface area (Å²) in [5.41, 5.74) is 7.93. The van der Waals surface area contributed by atoms with Gasteiger partial charge in [0.1, 0.15) is 0 Å². The highest BCUT2D eigenvalue weighted by Crippen LogP contribution is 2.31. The molecule has 1 saturated heterocycles. The summed E-state index contributed by atoms with van der Waals surface area (Å²) in [4.78, 5) is 25.0. The number of likely N-dealkylation sites (tertiary alicyclic amines) is 1. The number of carbonyl (C=O) groups excluding carboxylic acids is 1. The molecule has 39 heavy (non-hydrogen) atoms. The van der Waals surface area contributed by atoms with Crippen molar-refractivity contribution in [3.63, 3.8) is 0 Å². The monoisotopic (exact) mass is 509 g/mol. The normalized spacial score (nSPS) is 15.2. The number of nitriles is 1. The summed E-state index contributed by atoms with van der Waals surface area (Å²) in [5.74, 6) is -0.0959. The highest BCUT2D eigenvalue weighted by Gasteiger charge is 2.24. The molecule has 2 heterocycles. The van der Waals surface area contributed by atoms with Crippen molar-refractivity contribution in [1.29, 1.82) is 5.26 Å². The van der Waals surface area contributed by atoms with Crippen molar-refractivity contribution in [3.05, 3.63) is 120 Å². The molecular formula is C33H27N5O. The molecule has 0 saturated carbocycles. The Bertz CT molecular complexity index is 1660. The van der Waals surface area contributed by atoms with E-state index < -0.39 is 0 Å². The van der Waals surface area contributed by atoms with E-state index in [1.807, 2.05) is 42.5 Å². The Balaban J connectivity index is 1.15. The molecule has 0 spiro atoms. The van der Waals surface area contributed by atoms with E-state index in [1.54, 1.807) is 24.3 Å². The average molecular weight is 510 g/mol. The van der Waals surface area contributed by atoms with Gasteiger partial charge in [-0.25, -0.2) is 9.97 Å². The quantitative estimate of drug-likeness (QED) is 0.311. The molecule has 6 nitrogen and oxygen atoms in total. The lowest BCUT2D eigenvalue weighted by Gasteiger charge is -2.17. The van der Waals surface area contributed by atoms with Gasteiger partial charge in [-0.05, 0) is 48.4 Å². The molecule has 1 aliphatic heterocycles. The third kappa shape index (κ3) is 5.40. The van der Waals surface area contributed by atoms with Crippen LogP contribution in [0.4, 0.5) is 0 Å². The van der Waals surface area contributed by atoms with Crippen molar-refractivity contribution in [1.82, 2.24) is 20.2 Å². The summed E-state index contributed by atoms with van der Waals surface area (Å²) in [6.07, 6.45) is 0.910. The third-order valence-corrected chi connectivity index (χ3v) is 7.14. The van der Waals surface area contributed by atoms with Gasteiger partial charge in [0, 0.05) is 42.4 Å². The van der Waals surface area contributed by atoms with Crippen LogP contribution in [0, 0.1) is 11.3 Å². The van der Waals surface area contributed by atoms with E-state index in [9.17, 15) is 4.79 Å². The molecule has 6 rings (SSSR count). The Kier molecular flexibility index (Phi) is 6.82. The molecule has 1 fully saturated rings. The SMILES string of the molecule is N#Cc1ccc(C(=O)NC2CCN(Cc3ccc(-c4nc5ccccc5nc4-c4ccccc4)cc3)C2)cc1. The van der Waals surface area contributed by atoms with Crippen molar-refractivity contribution < 1.29 is 4.79 Å². The Hall–Kier alpha value is -4.86. The van der Waals surface area contributed by atoms with Crippen molar-refractivity contribution in [2.24, 2.45) is 0 Å². The predicted molar refractivity (Wildman–Crippen MR) is 153 cm³/mol. The fourth-order valence-electron chi connectivity index (χ4n) is 5.08. The van der Waals surface area contributed by atoms with Crippen molar-refractivity contribution in [2.75, 3.05) is 13.1 Å². The number of fused-ring (bicyclic) bond motifs is 1. The van der Waals surface area contributed by atoms with Crippen LogP contribution < -0.4 is 5.32 Å². The van der Waals surface area contributed by atoms with Crippen LogP contribution in [0.2, 0.25) is 0 Å². The minimum Gasteiger partial charge on any atom is -0.348 e. The maximum atomic E-state index is 12.6. The molecular weight excluding hydrogens is 482 g/mol. The summed E-state index contributed by atoms with van der Waals surface area (Å²) in [5, 5.41) is 12.1. The first kappa shape index (κ1) is 24.5. The van der Waals surface area contributed by atoms with E-state index in [-0.39, 0.29) is 11.9 Å². The van der Waals surface area contributed by atoms with Gasteiger partial charge < -0.3 is 5.32 Å². The summed E-state index contributed by atoms with van der Waals surface area (Å²) in [6.45, 7) is 2.55. The van der Waals surface area contributed by atoms with Crippen LogP contribution in [0.25, 0.3) is 33.5 Å². The Morgan fingerprint density at radius 3 is 2.08 bits per heavy atom. The van der Waals surface area contributed by atoms with Gasteiger partial charge in [-0.1, -0.05) is 66.7 Å². The number of nitrogens with one attached hydrogen (secondary N) is 1. The largest absolute Gasteiger partial charge is 0.348 e. The predicted octanol–water partition coefficient (Wildman–Crippen LogP) is 5.84. The number of benzene rings is 4. The van der Waals surface area contributed by atoms with Crippen LogP contribution in [-0.2, 0) is 6.54 Å². The molecule has 1 atom stereocenters. The number of rotatable bonds is 6. The van der Waals surface area contributed by atoms with E-state index in [1.165, 1.54) is 5.56 Å². The lowest BCUT2D eigenvalue weighted by molar-refractivity contribution is 0.0937. The molecule has 1 N–H and O–H groups in total. The number of aromatic nitrogens is 2. The first-order chi connectivity index (χ1) is 19.2. The molecule has 1 aliphatic rings. The smallest absolute Gasteiger partial charge is 0.251 e. The van der Waals surface area contributed by atoms with Crippen LogP contribution in [0.15, 0.2) is 103 Å². The molecule has 4 aromatic carbocycles. The second-order valence-corrected chi connectivity index (χ2v) is 9.86. The van der Waals surface area contributed by atoms with Crippen molar-refractivity contribution >= 4 is 16.9 Å². The Morgan fingerprint density at radius 2 is 1.44 bits per heavy atom. The summed E-state index contributed by atoms with van der Waals surface area (Å²) >= 11 is 0. The molecule has 190 valence electrons. The van der Waals surface area contributed by atoms with Gasteiger partial charge in [0.25, 0.3) is 5.91 Å². The van der Waals surface area contributed by atoms with Gasteiger partial charge in [-0.15, -0.1) is 0 Å². The fraction of sp³-hybridized carbons (Fsp3) is 0.152. The number of nitrogens with zero attached hydrogens (tertiary/aromatic N) is 4. The molecule has 6 heteroatoms. The van der Waals surface area contributed by atoms with E-state index in [2.05, 4.69) is 52.7 Å². The minimum atomic E-state index is -0.0959. The molecule has 0 aliphatic carbocycles. The molecule has 1 aromatic heterocycles. The van der Waals surface area contributed by atoms with Gasteiger partial charge in [-0.3, -0.25) is 9.69 Å². The second kappa shape index (κ2) is 10.9. The molecule has 0 bridgehead atoms. The summed E-state index contributed by atoms with van der Waals surface area (Å²) in [7, 11) is 0. The van der Waals surface area contributed by atoms with Gasteiger partial charge in [0.15, 0.2) is 0 Å². The molecule has 1 unspecified atom stereocenters. The second-order valence-electron chi connectivity index (χ2n) is 9.86. The van der Waals surface area contributed by atoms with E-state index in [0.717, 1.165) is 59.6 Å². The number of hydrogen-bond acceptors (Lipinski definition) is 5. The standard InChI is InChI=1S/C33H27N5O/c34-20-23-10-16-27(17-11-23)33(39)35-28-18-19-38(22-28)21-24-12-14-26(15-13-24)32-31(25-6-2-1-3-7-25)36-29-8-4-5-9-30(29)37-32/h1-17,28H,18-19,21-22H2,(H,35,39). The molecule has 1 amide bonds. The molecule has 5 aromatic rings. The maximum Gasteiger partial charge on any atom is 0.251 e. The van der Waals surface area contributed by atoms with Gasteiger partial charge in [0.05, 0.1) is 34.1 Å². The van der Waals surface area contributed by atoms with Crippen LogP contribution >= 0.6 is 0 Å². The fourth-order valence-corrected chi connectivity index (χ4v) is 5.08. The van der Waals surface area contributed by atoms with Crippen LogP contribution in [0.1, 0.15) is 27.9 Å². The first-order valence-electron chi connectivity index (χ1n) is 13.1. The van der Waals surface area contributed by atoms with E-state index >= 15 is 0 Å². The lowest BCUT2D eigenvalue weighted by atomic mass is 10.0. The van der Waals surface area contributed by atoms with Crippen molar-refractivity contribution in [2.45, 2.75) is 19.0 Å². The zero-order chi connectivity index (χ0) is 26.6. The Morgan fingerprint density at radius 1 is 0.821 bits per heavy atom. The van der Waals surface area contributed by atoms with Crippen LogP contribution in [0.3, 0.4) is 0 Å². The minimum absolute atomic E-state index is 0.0959. The first-order valence-corrected chi connectivity index (χ1v) is 13.1. The van der Waals surface area contributed by atoms with Gasteiger partial charge >= 0.3 is 0 Å². The Labute approximate surface area is 227 Å².